The molecule has 0 radical (unpaired) electrons. The summed E-state index contributed by atoms with van der Waals surface area (Å²) in [6.45, 7) is 1.24. The molecule has 0 aliphatic carbocycles. The van der Waals surface area contributed by atoms with E-state index in [0.29, 0.717) is 13.2 Å². The average Bonchev–Trinajstić information content (AvgIpc) is 2.12. The van der Waals surface area contributed by atoms with E-state index in [1.54, 1.807) is 0 Å². The molecule has 8 heavy (non-hydrogen) atoms. The predicted octanol–water partition coefficient (Wildman–Crippen LogP) is 0.983. The Morgan fingerprint density at radius 1 is 1.75 bits per heavy atom. The van der Waals surface area contributed by atoms with Gasteiger partial charge in [0, 0.05) is 0 Å². The quantitative estimate of drug-likeness (QED) is 0.366. The largest absolute Gasteiger partial charge is 0.340 e. The van der Waals surface area contributed by atoms with E-state index in [2.05, 4.69) is 0 Å². The van der Waals surface area contributed by atoms with Crippen LogP contribution in [0, 0.1) is 0 Å². The summed E-state index contributed by atoms with van der Waals surface area (Å²) >= 11 is 5.05. The molecule has 0 aromatic heterocycles. The van der Waals surface area contributed by atoms with Crippen molar-refractivity contribution >= 4 is 17.0 Å². The molecule has 46 valence electrons. The average molecular weight is 136 g/mol. The van der Waals surface area contributed by atoms with E-state index in [1.807, 2.05) is 0 Å². The molecule has 0 aromatic carbocycles. The highest BCUT2D eigenvalue weighted by Crippen LogP contribution is 2.06. The molecule has 1 rings (SSSR count). The topological polar surface area (TPSA) is 29.5 Å². The van der Waals surface area contributed by atoms with Crippen molar-refractivity contribution in [2.75, 3.05) is 13.2 Å². The summed E-state index contributed by atoms with van der Waals surface area (Å²) < 4.78 is 0. The summed E-state index contributed by atoms with van der Waals surface area (Å²) in [6.07, 6.45) is 0.887. The highest BCUT2D eigenvalue weighted by atomic mass is 35.5. The van der Waals surface area contributed by atoms with Gasteiger partial charge in [0.1, 0.15) is 0 Å². The van der Waals surface area contributed by atoms with Crippen LogP contribution in [-0.4, -0.2) is 23.6 Å². The van der Waals surface area contributed by atoms with Crippen molar-refractivity contribution in [3.05, 3.63) is 0 Å². The molecule has 1 aliphatic heterocycles. The fourth-order valence-electron chi connectivity index (χ4n) is 0.586. The molecule has 1 heterocycles. The lowest BCUT2D eigenvalue weighted by molar-refractivity contribution is -0.0571. The molecule has 0 aromatic rings. The Labute approximate surface area is 52.1 Å². The van der Waals surface area contributed by atoms with Crippen molar-refractivity contribution in [3.63, 3.8) is 0 Å². The molecular weight excluding hydrogens is 130 g/mol. The van der Waals surface area contributed by atoms with Crippen LogP contribution >= 0.6 is 11.6 Å². The number of hydrogen-bond acceptors (Lipinski definition) is 2. The third-order valence-corrected chi connectivity index (χ3v) is 1.14. The SMILES string of the molecule is O=C(Cl)N1CCCO1. The second-order valence-corrected chi connectivity index (χ2v) is 1.87. The zero-order chi connectivity index (χ0) is 5.98. The number of rotatable bonds is 0. The Morgan fingerprint density at radius 3 is 2.75 bits per heavy atom. The van der Waals surface area contributed by atoms with Gasteiger partial charge in [-0.1, -0.05) is 0 Å². The second kappa shape index (κ2) is 2.33. The van der Waals surface area contributed by atoms with Gasteiger partial charge in [0.05, 0.1) is 13.2 Å². The standard InChI is InChI=1S/C4H6ClNO2/c5-4(7)6-2-1-3-8-6/h1-3H2. The van der Waals surface area contributed by atoms with Crippen LogP contribution < -0.4 is 0 Å². The predicted molar refractivity (Wildman–Crippen MR) is 28.5 cm³/mol. The first-order chi connectivity index (χ1) is 3.80. The van der Waals surface area contributed by atoms with Crippen LogP contribution in [-0.2, 0) is 4.84 Å². The van der Waals surface area contributed by atoms with Crippen LogP contribution in [0.15, 0.2) is 0 Å². The van der Waals surface area contributed by atoms with Crippen molar-refractivity contribution in [2.24, 2.45) is 0 Å². The second-order valence-electron chi connectivity index (χ2n) is 1.54. The van der Waals surface area contributed by atoms with Crippen LogP contribution in [0.3, 0.4) is 0 Å². The van der Waals surface area contributed by atoms with E-state index in [4.69, 9.17) is 16.4 Å². The Bertz CT molecular complexity index is 100. The van der Waals surface area contributed by atoms with Gasteiger partial charge in [-0.2, -0.15) is 0 Å². The maximum absolute atomic E-state index is 10.2. The van der Waals surface area contributed by atoms with Crippen molar-refractivity contribution in [1.82, 2.24) is 5.06 Å². The van der Waals surface area contributed by atoms with Crippen LogP contribution in [0.25, 0.3) is 0 Å². The maximum Gasteiger partial charge on any atom is 0.340 e. The Balaban J connectivity index is 2.35. The minimum atomic E-state index is -0.525. The maximum atomic E-state index is 10.2. The van der Waals surface area contributed by atoms with Gasteiger partial charge in [0.2, 0.25) is 0 Å². The van der Waals surface area contributed by atoms with E-state index < -0.39 is 5.37 Å². The molecule has 0 unspecified atom stereocenters. The minimum Gasteiger partial charge on any atom is -0.270 e. The molecule has 1 amide bonds. The monoisotopic (exact) mass is 135 g/mol. The lowest BCUT2D eigenvalue weighted by atomic mass is 10.5. The summed E-state index contributed by atoms with van der Waals surface area (Å²) in [6, 6.07) is 0. The summed E-state index contributed by atoms with van der Waals surface area (Å²) in [7, 11) is 0. The molecule has 3 nitrogen and oxygen atoms in total. The third-order valence-electron chi connectivity index (χ3n) is 0.949. The zero-order valence-electron chi connectivity index (χ0n) is 4.26. The molecular formula is C4H6ClNO2. The van der Waals surface area contributed by atoms with Gasteiger partial charge >= 0.3 is 5.37 Å². The number of carbonyl (C=O) groups excluding carboxylic acids is 1. The molecule has 1 saturated heterocycles. The highest BCUT2D eigenvalue weighted by molar-refractivity contribution is 6.62. The van der Waals surface area contributed by atoms with Gasteiger partial charge in [-0.25, -0.2) is 5.06 Å². The first kappa shape index (κ1) is 5.85. The van der Waals surface area contributed by atoms with Crippen LogP contribution in [0.1, 0.15) is 6.42 Å². The number of hydrogen-bond donors (Lipinski definition) is 0. The highest BCUT2D eigenvalue weighted by Gasteiger charge is 2.15. The van der Waals surface area contributed by atoms with E-state index in [0.717, 1.165) is 11.5 Å². The number of amides is 1. The van der Waals surface area contributed by atoms with E-state index in [-0.39, 0.29) is 0 Å². The first-order valence-corrected chi connectivity index (χ1v) is 2.78. The lowest BCUT2D eigenvalue weighted by Crippen LogP contribution is -2.19. The molecule has 0 bridgehead atoms. The summed E-state index contributed by atoms with van der Waals surface area (Å²) in [5, 5.41) is 0.629. The van der Waals surface area contributed by atoms with Gasteiger partial charge < -0.3 is 0 Å². The number of halogens is 1. The van der Waals surface area contributed by atoms with E-state index in [1.165, 1.54) is 0 Å². The summed E-state index contributed by atoms with van der Waals surface area (Å²) in [4.78, 5) is 15.0. The normalized spacial score (nSPS) is 19.4. The fourth-order valence-corrected chi connectivity index (χ4v) is 0.719. The minimum absolute atomic E-state index is 0.525. The van der Waals surface area contributed by atoms with Crippen LogP contribution in [0.5, 0.6) is 0 Å². The van der Waals surface area contributed by atoms with Gasteiger partial charge in [0.15, 0.2) is 0 Å². The van der Waals surface area contributed by atoms with Gasteiger partial charge in [0.25, 0.3) is 0 Å². The van der Waals surface area contributed by atoms with Crippen molar-refractivity contribution in [1.29, 1.82) is 0 Å². The van der Waals surface area contributed by atoms with Crippen LogP contribution in [0.2, 0.25) is 0 Å². The number of carbonyl (C=O) groups is 1. The molecule has 1 aliphatic rings. The molecule has 0 saturated carbocycles. The number of nitrogens with zero attached hydrogens (tertiary/aromatic N) is 1. The third kappa shape index (κ3) is 1.11. The Hall–Kier alpha value is -0.280. The van der Waals surface area contributed by atoms with Crippen molar-refractivity contribution < 1.29 is 9.63 Å². The Kier molecular flexibility index (Phi) is 1.70. The van der Waals surface area contributed by atoms with Gasteiger partial charge in [-0.3, -0.25) is 9.63 Å². The zero-order valence-corrected chi connectivity index (χ0v) is 5.02. The summed E-state index contributed by atoms with van der Waals surface area (Å²) in [5.74, 6) is 0. The Morgan fingerprint density at radius 2 is 2.50 bits per heavy atom. The van der Waals surface area contributed by atoms with Crippen molar-refractivity contribution in [2.45, 2.75) is 6.42 Å². The molecule has 0 N–H and O–H groups in total. The molecule has 0 atom stereocenters. The van der Waals surface area contributed by atoms with E-state index in [9.17, 15) is 4.79 Å². The van der Waals surface area contributed by atoms with Crippen LogP contribution in [0.4, 0.5) is 4.79 Å². The van der Waals surface area contributed by atoms with Crippen molar-refractivity contribution in [3.8, 4) is 0 Å². The molecule has 1 fully saturated rings. The van der Waals surface area contributed by atoms with E-state index >= 15 is 0 Å². The molecule has 0 spiro atoms. The number of hydroxylamine groups is 2. The lowest BCUT2D eigenvalue weighted by Gasteiger charge is -2.06. The summed E-state index contributed by atoms with van der Waals surface area (Å²) in [5.41, 5.74) is 0. The fraction of sp³-hybridized carbons (Fsp3) is 0.750. The van der Waals surface area contributed by atoms with Gasteiger partial charge in [-0.05, 0) is 18.0 Å². The van der Waals surface area contributed by atoms with Gasteiger partial charge in [-0.15, -0.1) is 0 Å². The molecule has 4 heteroatoms. The smallest absolute Gasteiger partial charge is 0.270 e. The first-order valence-electron chi connectivity index (χ1n) is 2.40.